The summed E-state index contributed by atoms with van der Waals surface area (Å²) in [6.07, 6.45) is 4.46. The van der Waals surface area contributed by atoms with Gasteiger partial charge in [0.15, 0.2) is 0 Å². The van der Waals surface area contributed by atoms with Crippen molar-refractivity contribution in [2.45, 2.75) is 45.2 Å². The summed E-state index contributed by atoms with van der Waals surface area (Å²) in [5.74, 6) is 0.968. The van der Waals surface area contributed by atoms with Gasteiger partial charge < -0.3 is 19.4 Å². The Kier molecular flexibility index (Phi) is 6.81. The minimum atomic E-state index is 0.126. The van der Waals surface area contributed by atoms with Crippen LogP contribution in [0.25, 0.3) is 0 Å². The fourth-order valence-corrected chi connectivity index (χ4v) is 4.90. The monoisotopic (exact) mass is 421 g/mol. The number of carbonyl (C=O) groups excluding carboxylic acids is 1. The van der Waals surface area contributed by atoms with Gasteiger partial charge in [-0.15, -0.1) is 0 Å². The fourth-order valence-electron chi connectivity index (χ4n) is 4.90. The van der Waals surface area contributed by atoms with E-state index in [0.717, 1.165) is 55.9 Å². The van der Waals surface area contributed by atoms with E-state index in [0.29, 0.717) is 6.54 Å². The molecule has 2 aliphatic rings. The summed E-state index contributed by atoms with van der Waals surface area (Å²) in [4.78, 5) is 20.7. The van der Waals surface area contributed by atoms with Crippen molar-refractivity contribution < 1.29 is 9.53 Å². The molecule has 5 nitrogen and oxygen atoms in total. The largest absolute Gasteiger partial charge is 0.496 e. The molecule has 0 aromatic heterocycles. The molecule has 0 bridgehead atoms. The lowest BCUT2D eigenvalue weighted by Crippen LogP contribution is -2.46. The van der Waals surface area contributed by atoms with E-state index in [1.807, 2.05) is 24.3 Å². The first-order valence-electron chi connectivity index (χ1n) is 11.5. The van der Waals surface area contributed by atoms with Crippen LogP contribution in [0, 0.1) is 6.92 Å². The maximum absolute atomic E-state index is 13.9. The smallest absolute Gasteiger partial charge is 0.254 e. The molecule has 5 heteroatoms. The molecular weight excluding hydrogens is 386 g/mol. The van der Waals surface area contributed by atoms with Gasteiger partial charge in [0, 0.05) is 42.5 Å². The molecule has 31 heavy (non-hydrogen) atoms. The molecule has 0 spiro atoms. The molecule has 1 amide bonds. The van der Waals surface area contributed by atoms with E-state index in [4.69, 9.17) is 4.74 Å². The zero-order valence-electron chi connectivity index (χ0n) is 19.1. The van der Waals surface area contributed by atoms with Crippen molar-refractivity contribution in [1.82, 2.24) is 9.80 Å². The van der Waals surface area contributed by atoms with Crippen molar-refractivity contribution in [3.8, 4) is 5.75 Å². The summed E-state index contributed by atoms with van der Waals surface area (Å²) in [6.45, 7) is 6.92. The molecule has 0 radical (unpaired) electrons. The molecule has 2 aromatic carbocycles. The van der Waals surface area contributed by atoms with Crippen LogP contribution in [0.1, 0.15) is 47.2 Å². The highest BCUT2D eigenvalue weighted by molar-refractivity contribution is 5.95. The Bertz CT molecular complexity index is 899. The second kappa shape index (κ2) is 9.73. The van der Waals surface area contributed by atoms with E-state index >= 15 is 0 Å². The molecule has 2 saturated heterocycles. The SMILES string of the molecule is COc1ccccc1CN(C(=O)c1ccc(C)c(N2CCCC2)c1)C1CCN(C)CC1. The van der Waals surface area contributed by atoms with Gasteiger partial charge in [-0.25, -0.2) is 0 Å². The van der Waals surface area contributed by atoms with Gasteiger partial charge in [0.25, 0.3) is 5.91 Å². The maximum Gasteiger partial charge on any atom is 0.254 e. The number of nitrogens with zero attached hydrogens (tertiary/aromatic N) is 3. The molecule has 0 N–H and O–H groups in total. The average Bonchev–Trinajstić information content (AvgIpc) is 3.33. The first kappa shape index (κ1) is 21.7. The third-order valence-corrected chi connectivity index (χ3v) is 6.83. The molecule has 166 valence electrons. The van der Waals surface area contributed by atoms with Gasteiger partial charge in [-0.3, -0.25) is 4.79 Å². The average molecular weight is 422 g/mol. The zero-order chi connectivity index (χ0) is 21.8. The Morgan fingerprint density at radius 1 is 1.06 bits per heavy atom. The Balaban J connectivity index is 1.64. The summed E-state index contributed by atoms with van der Waals surface area (Å²) in [6, 6.07) is 14.5. The van der Waals surface area contributed by atoms with E-state index in [-0.39, 0.29) is 11.9 Å². The zero-order valence-corrected chi connectivity index (χ0v) is 19.1. The van der Waals surface area contributed by atoms with Crippen LogP contribution in [-0.4, -0.2) is 62.1 Å². The summed E-state index contributed by atoms with van der Waals surface area (Å²) in [5, 5.41) is 0. The number of likely N-dealkylation sites (tertiary alicyclic amines) is 1. The number of ether oxygens (including phenoxy) is 1. The first-order chi connectivity index (χ1) is 15.1. The molecule has 2 heterocycles. The van der Waals surface area contributed by atoms with Crippen LogP contribution < -0.4 is 9.64 Å². The van der Waals surface area contributed by atoms with Crippen molar-refractivity contribution >= 4 is 11.6 Å². The lowest BCUT2D eigenvalue weighted by Gasteiger charge is -2.38. The number of anilines is 1. The standard InChI is InChI=1S/C26H35N3O2/c1-20-10-11-21(18-24(20)28-14-6-7-15-28)26(30)29(23-12-16-27(2)17-13-23)19-22-8-4-5-9-25(22)31-3/h4-5,8-11,18,23H,6-7,12-17,19H2,1-3H3. The number of hydrogen-bond donors (Lipinski definition) is 0. The predicted molar refractivity (Wildman–Crippen MR) is 126 cm³/mol. The summed E-state index contributed by atoms with van der Waals surface area (Å²) < 4.78 is 5.59. The number of amides is 1. The number of carbonyl (C=O) groups is 1. The second-order valence-corrected chi connectivity index (χ2v) is 8.97. The quantitative estimate of drug-likeness (QED) is 0.695. The van der Waals surface area contributed by atoms with Crippen LogP contribution >= 0.6 is 0 Å². The Hall–Kier alpha value is -2.53. The highest BCUT2D eigenvalue weighted by atomic mass is 16.5. The number of hydrogen-bond acceptors (Lipinski definition) is 4. The Labute approximate surface area is 186 Å². The number of aryl methyl sites for hydroxylation is 1. The van der Waals surface area contributed by atoms with Crippen LogP contribution in [0.5, 0.6) is 5.75 Å². The number of piperidine rings is 1. The highest BCUT2D eigenvalue weighted by Gasteiger charge is 2.29. The molecule has 4 rings (SSSR count). The highest BCUT2D eigenvalue weighted by Crippen LogP contribution is 2.29. The van der Waals surface area contributed by atoms with Gasteiger partial charge in [-0.05, 0) is 76.5 Å². The van der Waals surface area contributed by atoms with Crippen LogP contribution in [-0.2, 0) is 6.54 Å². The Morgan fingerprint density at radius 2 is 1.77 bits per heavy atom. The van der Waals surface area contributed by atoms with E-state index in [9.17, 15) is 4.79 Å². The lowest BCUT2D eigenvalue weighted by molar-refractivity contribution is 0.0568. The van der Waals surface area contributed by atoms with Gasteiger partial charge in [-0.2, -0.15) is 0 Å². The van der Waals surface area contributed by atoms with Crippen molar-refractivity contribution in [3.05, 3.63) is 59.2 Å². The van der Waals surface area contributed by atoms with Crippen LogP contribution in [0.15, 0.2) is 42.5 Å². The number of benzene rings is 2. The van der Waals surface area contributed by atoms with Crippen LogP contribution in [0.2, 0.25) is 0 Å². The van der Waals surface area contributed by atoms with Crippen molar-refractivity contribution in [2.24, 2.45) is 0 Å². The van der Waals surface area contributed by atoms with Gasteiger partial charge in [0.05, 0.1) is 7.11 Å². The third-order valence-electron chi connectivity index (χ3n) is 6.83. The Morgan fingerprint density at radius 3 is 2.48 bits per heavy atom. The fraction of sp³-hybridized carbons (Fsp3) is 0.500. The van der Waals surface area contributed by atoms with Crippen LogP contribution in [0.3, 0.4) is 0 Å². The van der Waals surface area contributed by atoms with E-state index in [1.165, 1.54) is 24.1 Å². The molecule has 0 unspecified atom stereocenters. The van der Waals surface area contributed by atoms with E-state index < -0.39 is 0 Å². The summed E-state index contributed by atoms with van der Waals surface area (Å²) in [7, 11) is 3.85. The van der Waals surface area contributed by atoms with E-state index in [2.05, 4.69) is 46.9 Å². The molecule has 2 aliphatic heterocycles. The number of para-hydroxylation sites is 1. The molecule has 0 atom stereocenters. The summed E-state index contributed by atoms with van der Waals surface area (Å²) >= 11 is 0. The predicted octanol–water partition coefficient (Wildman–Crippen LogP) is 4.34. The minimum absolute atomic E-state index is 0.126. The molecule has 2 fully saturated rings. The number of rotatable bonds is 6. The minimum Gasteiger partial charge on any atom is -0.496 e. The third kappa shape index (κ3) is 4.87. The summed E-state index contributed by atoms with van der Waals surface area (Å²) in [5.41, 5.74) is 4.31. The van der Waals surface area contributed by atoms with Gasteiger partial charge in [0.1, 0.15) is 5.75 Å². The van der Waals surface area contributed by atoms with Crippen molar-refractivity contribution in [2.75, 3.05) is 45.2 Å². The molecule has 2 aromatic rings. The molecular formula is C26H35N3O2. The topological polar surface area (TPSA) is 36.0 Å². The van der Waals surface area contributed by atoms with Crippen LogP contribution in [0.4, 0.5) is 5.69 Å². The van der Waals surface area contributed by atoms with Gasteiger partial charge in [-0.1, -0.05) is 24.3 Å². The molecule has 0 aliphatic carbocycles. The first-order valence-corrected chi connectivity index (χ1v) is 11.5. The number of methoxy groups -OCH3 is 1. The van der Waals surface area contributed by atoms with Crippen molar-refractivity contribution in [3.63, 3.8) is 0 Å². The van der Waals surface area contributed by atoms with E-state index in [1.54, 1.807) is 7.11 Å². The maximum atomic E-state index is 13.9. The van der Waals surface area contributed by atoms with Gasteiger partial charge in [0.2, 0.25) is 0 Å². The lowest BCUT2D eigenvalue weighted by atomic mass is 10.00. The normalized spacial score (nSPS) is 17.7. The second-order valence-electron chi connectivity index (χ2n) is 8.97. The molecule has 0 saturated carbocycles. The van der Waals surface area contributed by atoms with Gasteiger partial charge >= 0.3 is 0 Å². The van der Waals surface area contributed by atoms with Crippen molar-refractivity contribution in [1.29, 1.82) is 0 Å².